The van der Waals surface area contributed by atoms with Crippen LogP contribution in [0.4, 0.5) is 11.4 Å². The molecule has 0 radical (unpaired) electrons. The highest BCUT2D eigenvalue weighted by Crippen LogP contribution is 2.22. The summed E-state index contributed by atoms with van der Waals surface area (Å²) in [6.07, 6.45) is 3.35. The number of anilines is 2. The van der Waals surface area contributed by atoms with Crippen molar-refractivity contribution >= 4 is 51.2 Å². The average Bonchev–Trinajstić information content (AvgIpc) is 2.83. The minimum atomic E-state index is -1.04. The highest BCUT2D eigenvalue weighted by molar-refractivity contribution is 9.10. The molecular weight excluding hydrogens is 500 g/mol. The quantitative estimate of drug-likeness (QED) is 0.161. The number of allylic oxidation sites excluding steroid dienone is 1. The molecule has 0 aliphatic rings. The van der Waals surface area contributed by atoms with Crippen LogP contribution in [-0.2, 0) is 16.0 Å². The summed E-state index contributed by atoms with van der Waals surface area (Å²) < 4.78 is 0.867. The van der Waals surface area contributed by atoms with Crippen LogP contribution in [0, 0.1) is 0 Å². The lowest BCUT2D eigenvalue weighted by molar-refractivity contribution is -0.136. The molecule has 3 rings (SSSR count). The number of halogens is 1. The Bertz CT molecular complexity index is 1260. The van der Waals surface area contributed by atoms with E-state index in [0.29, 0.717) is 23.2 Å². The molecule has 0 bridgehead atoms. The second-order valence-electron chi connectivity index (χ2n) is 7.01. The van der Waals surface area contributed by atoms with Gasteiger partial charge < -0.3 is 15.7 Å². The Morgan fingerprint density at radius 1 is 0.941 bits per heavy atom. The molecule has 8 nitrogen and oxygen atoms in total. The standard InChI is InChI=1S/C25H21BrN4O4/c1-2-6-16-7-5-8-17(22(16)31)15-27-30-25(34)24(33)29-21-10-4-3-9-20(21)23(32)28-19-13-11-18(26)12-14-19/h2-5,7-15,31H,1,6H2,(H,28,32)(H,29,33)(H,30,34)/b27-15-. The summed E-state index contributed by atoms with van der Waals surface area (Å²) in [5.41, 5.74) is 4.04. The Hall–Kier alpha value is -4.24. The summed E-state index contributed by atoms with van der Waals surface area (Å²) >= 11 is 3.33. The van der Waals surface area contributed by atoms with E-state index in [4.69, 9.17) is 0 Å². The second-order valence-corrected chi connectivity index (χ2v) is 7.92. The number of nitrogens with zero attached hydrogens (tertiary/aromatic N) is 1. The van der Waals surface area contributed by atoms with Crippen LogP contribution in [0.15, 0.2) is 89.0 Å². The van der Waals surface area contributed by atoms with Gasteiger partial charge in [-0.15, -0.1) is 6.58 Å². The van der Waals surface area contributed by atoms with E-state index in [0.717, 1.165) is 4.47 Å². The molecule has 0 fully saturated rings. The van der Waals surface area contributed by atoms with Crippen LogP contribution in [-0.4, -0.2) is 29.0 Å². The number of benzene rings is 3. The molecule has 9 heteroatoms. The first-order valence-electron chi connectivity index (χ1n) is 10.1. The van der Waals surface area contributed by atoms with Crippen LogP contribution < -0.4 is 16.1 Å². The maximum absolute atomic E-state index is 12.7. The van der Waals surface area contributed by atoms with E-state index in [-0.39, 0.29) is 17.0 Å². The Morgan fingerprint density at radius 3 is 2.41 bits per heavy atom. The van der Waals surface area contributed by atoms with E-state index in [2.05, 4.69) is 43.7 Å². The van der Waals surface area contributed by atoms with Crippen LogP contribution in [0.2, 0.25) is 0 Å². The summed E-state index contributed by atoms with van der Waals surface area (Å²) in [6, 6.07) is 18.4. The predicted octanol–water partition coefficient (Wildman–Crippen LogP) is 4.22. The molecular formula is C25H21BrN4O4. The minimum absolute atomic E-state index is 0.00978. The number of carbonyl (C=O) groups excluding carboxylic acids is 3. The minimum Gasteiger partial charge on any atom is -0.507 e. The smallest absolute Gasteiger partial charge is 0.329 e. The average molecular weight is 521 g/mol. The van der Waals surface area contributed by atoms with Gasteiger partial charge in [-0.2, -0.15) is 5.10 Å². The molecule has 0 unspecified atom stereocenters. The van der Waals surface area contributed by atoms with Crippen molar-refractivity contribution in [2.24, 2.45) is 5.10 Å². The zero-order valence-electron chi connectivity index (χ0n) is 17.9. The van der Waals surface area contributed by atoms with Crippen molar-refractivity contribution in [3.8, 4) is 5.75 Å². The highest BCUT2D eigenvalue weighted by atomic mass is 79.9. The van der Waals surface area contributed by atoms with Gasteiger partial charge in [-0.05, 0) is 54.4 Å². The van der Waals surface area contributed by atoms with Crippen molar-refractivity contribution < 1.29 is 19.5 Å². The number of rotatable bonds is 7. The van der Waals surface area contributed by atoms with Crippen LogP contribution in [0.5, 0.6) is 5.75 Å². The summed E-state index contributed by atoms with van der Waals surface area (Å²) in [5.74, 6) is -2.49. The molecule has 0 saturated carbocycles. The fourth-order valence-electron chi connectivity index (χ4n) is 2.95. The number of aromatic hydroxyl groups is 1. The molecule has 34 heavy (non-hydrogen) atoms. The normalized spacial score (nSPS) is 10.5. The number of carbonyl (C=O) groups is 3. The molecule has 3 amide bonds. The zero-order valence-corrected chi connectivity index (χ0v) is 19.5. The lowest BCUT2D eigenvalue weighted by atomic mass is 10.1. The van der Waals surface area contributed by atoms with Crippen LogP contribution in [0.25, 0.3) is 0 Å². The Kier molecular flexibility index (Phi) is 8.31. The lowest BCUT2D eigenvalue weighted by Gasteiger charge is -2.11. The number of nitrogens with one attached hydrogen (secondary N) is 3. The third-order valence-electron chi connectivity index (χ3n) is 4.61. The largest absolute Gasteiger partial charge is 0.507 e. The molecule has 0 saturated heterocycles. The van der Waals surface area contributed by atoms with Gasteiger partial charge in [0, 0.05) is 15.7 Å². The highest BCUT2D eigenvalue weighted by Gasteiger charge is 2.18. The van der Waals surface area contributed by atoms with E-state index in [1.807, 2.05) is 0 Å². The number of hydrogen-bond donors (Lipinski definition) is 4. The van der Waals surface area contributed by atoms with Crippen molar-refractivity contribution in [1.82, 2.24) is 5.43 Å². The van der Waals surface area contributed by atoms with Crippen molar-refractivity contribution in [3.63, 3.8) is 0 Å². The zero-order chi connectivity index (χ0) is 24.5. The summed E-state index contributed by atoms with van der Waals surface area (Å²) in [6.45, 7) is 3.63. The molecule has 0 spiro atoms. The third-order valence-corrected chi connectivity index (χ3v) is 5.14. The van der Waals surface area contributed by atoms with Gasteiger partial charge in [0.05, 0.1) is 17.5 Å². The Labute approximate surface area is 204 Å². The molecule has 172 valence electrons. The first-order valence-corrected chi connectivity index (χ1v) is 10.9. The molecule has 3 aromatic carbocycles. The van der Waals surface area contributed by atoms with Gasteiger partial charge in [0.1, 0.15) is 5.75 Å². The van der Waals surface area contributed by atoms with Gasteiger partial charge in [-0.1, -0.05) is 46.3 Å². The van der Waals surface area contributed by atoms with Crippen molar-refractivity contribution in [2.75, 3.05) is 10.6 Å². The first-order chi connectivity index (χ1) is 16.4. The van der Waals surface area contributed by atoms with E-state index in [1.54, 1.807) is 60.7 Å². The van der Waals surface area contributed by atoms with Gasteiger partial charge in [0.15, 0.2) is 0 Å². The van der Waals surface area contributed by atoms with Crippen molar-refractivity contribution in [2.45, 2.75) is 6.42 Å². The van der Waals surface area contributed by atoms with Gasteiger partial charge in [0.25, 0.3) is 5.91 Å². The number of phenolic OH excluding ortho intramolecular Hbond substituents is 1. The topological polar surface area (TPSA) is 120 Å². The maximum atomic E-state index is 12.7. The van der Waals surface area contributed by atoms with Crippen LogP contribution in [0.1, 0.15) is 21.5 Å². The van der Waals surface area contributed by atoms with E-state index in [1.165, 1.54) is 18.3 Å². The summed E-state index contributed by atoms with van der Waals surface area (Å²) in [7, 11) is 0. The summed E-state index contributed by atoms with van der Waals surface area (Å²) in [5, 5.41) is 19.1. The number of para-hydroxylation sites is 2. The number of amides is 3. The molecule has 0 heterocycles. The van der Waals surface area contributed by atoms with Crippen LogP contribution in [0.3, 0.4) is 0 Å². The fraction of sp³-hybridized carbons (Fsp3) is 0.0400. The van der Waals surface area contributed by atoms with E-state index >= 15 is 0 Å². The van der Waals surface area contributed by atoms with Gasteiger partial charge in [-0.25, -0.2) is 5.43 Å². The molecule has 0 aliphatic heterocycles. The number of hydrazone groups is 1. The lowest BCUT2D eigenvalue weighted by Crippen LogP contribution is -2.33. The third kappa shape index (κ3) is 6.39. The monoisotopic (exact) mass is 520 g/mol. The molecule has 0 aromatic heterocycles. The van der Waals surface area contributed by atoms with Gasteiger partial charge >= 0.3 is 11.8 Å². The van der Waals surface area contributed by atoms with Gasteiger partial charge in [0.2, 0.25) is 0 Å². The van der Waals surface area contributed by atoms with E-state index < -0.39 is 17.7 Å². The molecule has 0 aliphatic carbocycles. The molecule has 0 atom stereocenters. The van der Waals surface area contributed by atoms with Crippen LogP contribution >= 0.6 is 15.9 Å². The molecule has 3 aromatic rings. The summed E-state index contributed by atoms with van der Waals surface area (Å²) in [4.78, 5) is 37.2. The first kappa shape index (κ1) is 24.4. The SMILES string of the molecule is C=CCc1cccc(/C=N\NC(=O)C(=O)Nc2ccccc2C(=O)Nc2ccc(Br)cc2)c1O. The van der Waals surface area contributed by atoms with E-state index in [9.17, 15) is 19.5 Å². The van der Waals surface area contributed by atoms with Gasteiger partial charge in [-0.3, -0.25) is 14.4 Å². The molecule has 4 N–H and O–H groups in total. The second kappa shape index (κ2) is 11.6. The fourth-order valence-corrected chi connectivity index (χ4v) is 3.21. The maximum Gasteiger partial charge on any atom is 0.329 e. The number of hydrogen-bond acceptors (Lipinski definition) is 5. The number of phenols is 1. The Morgan fingerprint density at radius 2 is 1.68 bits per heavy atom. The van der Waals surface area contributed by atoms with Crippen molar-refractivity contribution in [1.29, 1.82) is 0 Å². The predicted molar refractivity (Wildman–Crippen MR) is 135 cm³/mol. The Balaban J connectivity index is 1.64. The van der Waals surface area contributed by atoms with Crippen molar-refractivity contribution in [3.05, 3.63) is 101 Å².